The van der Waals surface area contributed by atoms with Crippen LogP contribution in [-0.2, 0) is 6.54 Å². The van der Waals surface area contributed by atoms with Crippen LogP contribution in [0.4, 0.5) is 0 Å². The predicted molar refractivity (Wildman–Crippen MR) is 80.6 cm³/mol. The van der Waals surface area contributed by atoms with Crippen molar-refractivity contribution in [1.29, 1.82) is 0 Å². The number of hydrogen-bond acceptors (Lipinski definition) is 5. The summed E-state index contributed by atoms with van der Waals surface area (Å²) in [6.07, 6.45) is 3.26. The average Bonchev–Trinajstić information content (AvgIpc) is 2.99. The smallest absolute Gasteiger partial charge is 0.137 e. The molecule has 0 fully saturated rings. The molecule has 0 radical (unpaired) electrons. The first kappa shape index (κ1) is 15.3. The second kappa shape index (κ2) is 7.08. The summed E-state index contributed by atoms with van der Waals surface area (Å²) in [5.41, 5.74) is 1.10. The van der Waals surface area contributed by atoms with Crippen molar-refractivity contribution in [1.82, 2.24) is 20.1 Å². The first-order valence-electron chi connectivity index (χ1n) is 6.94. The molecule has 2 atom stereocenters. The van der Waals surface area contributed by atoms with Gasteiger partial charge in [0.2, 0.25) is 0 Å². The van der Waals surface area contributed by atoms with Crippen molar-refractivity contribution in [2.24, 2.45) is 0 Å². The molecule has 6 heteroatoms. The lowest BCUT2D eigenvalue weighted by Crippen LogP contribution is -2.33. The Morgan fingerprint density at radius 3 is 2.67 bits per heavy atom. The van der Waals surface area contributed by atoms with Gasteiger partial charge in [0.05, 0.1) is 20.8 Å². The number of methoxy groups -OCH3 is 2. The predicted octanol–water partition coefficient (Wildman–Crippen LogP) is 2.03. The number of rotatable bonds is 7. The molecule has 0 aliphatic rings. The Balaban J connectivity index is 2.03. The highest BCUT2D eigenvalue weighted by molar-refractivity contribution is 5.42. The summed E-state index contributed by atoms with van der Waals surface area (Å²) in [6.45, 7) is 5.00. The Morgan fingerprint density at radius 2 is 2.05 bits per heavy atom. The Labute approximate surface area is 125 Å². The SMILES string of the molecule is COc1ccc([C@@H](C)N[C@H](C)Cn2cncn2)c(OC)c1. The van der Waals surface area contributed by atoms with E-state index in [1.165, 1.54) is 0 Å². The topological polar surface area (TPSA) is 61.2 Å². The summed E-state index contributed by atoms with van der Waals surface area (Å²) >= 11 is 0. The maximum atomic E-state index is 5.45. The van der Waals surface area contributed by atoms with Gasteiger partial charge in [-0.3, -0.25) is 4.68 Å². The third kappa shape index (κ3) is 3.95. The van der Waals surface area contributed by atoms with Gasteiger partial charge < -0.3 is 14.8 Å². The minimum Gasteiger partial charge on any atom is -0.497 e. The maximum Gasteiger partial charge on any atom is 0.137 e. The van der Waals surface area contributed by atoms with Crippen molar-refractivity contribution in [2.75, 3.05) is 14.2 Å². The molecule has 0 bridgehead atoms. The van der Waals surface area contributed by atoms with Gasteiger partial charge in [0, 0.05) is 23.7 Å². The lowest BCUT2D eigenvalue weighted by molar-refractivity contribution is 0.374. The van der Waals surface area contributed by atoms with Crippen LogP contribution in [0.3, 0.4) is 0 Å². The molecule has 0 amide bonds. The minimum absolute atomic E-state index is 0.157. The average molecular weight is 290 g/mol. The van der Waals surface area contributed by atoms with Gasteiger partial charge in [0.1, 0.15) is 24.2 Å². The van der Waals surface area contributed by atoms with Gasteiger partial charge in [0.15, 0.2) is 0 Å². The highest BCUT2D eigenvalue weighted by Crippen LogP contribution is 2.29. The van der Waals surface area contributed by atoms with E-state index in [0.29, 0.717) is 0 Å². The molecule has 21 heavy (non-hydrogen) atoms. The molecule has 6 nitrogen and oxygen atoms in total. The van der Waals surface area contributed by atoms with Crippen molar-refractivity contribution >= 4 is 0 Å². The van der Waals surface area contributed by atoms with Crippen LogP contribution in [0.1, 0.15) is 25.5 Å². The fourth-order valence-electron chi connectivity index (χ4n) is 2.35. The third-order valence-electron chi connectivity index (χ3n) is 3.37. The number of ether oxygens (including phenoxy) is 2. The van der Waals surface area contributed by atoms with Crippen LogP contribution in [0.5, 0.6) is 11.5 Å². The molecule has 0 aliphatic carbocycles. The van der Waals surface area contributed by atoms with E-state index in [0.717, 1.165) is 23.6 Å². The van der Waals surface area contributed by atoms with E-state index in [1.54, 1.807) is 26.9 Å². The standard InChI is InChI=1S/C15H22N4O2/c1-11(8-19-10-16-9-17-19)18-12(2)14-6-5-13(20-3)7-15(14)21-4/h5-7,9-12,18H,8H2,1-4H3/t11-,12-/m1/s1. The molecule has 0 saturated carbocycles. The lowest BCUT2D eigenvalue weighted by atomic mass is 10.1. The number of nitrogens with zero attached hydrogens (tertiary/aromatic N) is 3. The number of nitrogens with one attached hydrogen (secondary N) is 1. The highest BCUT2D eigenvalue weighted by Gasteiger charge is 2.15. The molecule has 0 unspecified atom stereocenters. The van der Waals surface area contributed by atoms with Crippen LogP contribution >= 0.6 is 0 Å². The van der Waals surface area contributed by atoms with Crippen LogP contribution < -0.4 is 14.8 Å². The summed E-state index contributed by atoms with van der Waals surface area (Å²) in [7, 11) is 3.32. The fourth-order valence-corrected chi connectivity index (χ4v) is 2.35. The number of benzene rings is 1. The van der Waals surface area contributed by atoms with E-state index in [-0.39, 0.29) is 12.1 Å². The summed E-state index contributed by atoms with van der Waals surface area (Å²) in [5.74, 6) is 1.61. The van der Waals surface area contributed by atoms with Crippen molar-refractivity contribution < 1.29 is 9.47 Å². The highest BCUT2D eigenvalue weighted by atomic mass is 16.5. The summed E-state index contributed by atoms with van der Waals surface area (Å²) in [6, 6.07) is 6.28. The van der Waals surface area contributed by atoms with Gasteiger partial charge in [-0.05, 0) is 19.9 Å². The fraction of sp³-hybridized carbons (Fsp3) is 0.467. The molecule has 2 aromatic rings. The third-order valence-corrected chi connectivity index (χ3v) is 3.37. The van der Waals surface area contributed by atoms with Gasteiger partial charge in [-0.1, -0.05) is 6.07 Å². The normalized spacial score (nSPS) is 13.7. The second-order valence-corrected chi connectivity index (χ2v) is 5.01. The molecule has 1 aromatic heterocycles. The van der Waals surface area contributed by atoms with Gasteiger partial charge in [-0.15, -0.1) is 0 Å². The molecule has 2 rings (SSSR count). The van der Waals surface area contributed by atoms with E-state index in [4.69, 9.17) is 9.47 Å². The van der Waals surface area contributed by atoms with Crippen molar-refractivity contribution in [3.8, 4) is 11.5 Å². The van der Waals surface area contributed by atoms with E-state index >= 15 is 0 Å². The van der Waals surface area contributed by atoms with Gasteiger partial charge in [-0.25, -0.2) is 4.98 Å². The van der Waals surface area contributed by atoms with Gasteiger partial charge >= 0.3 is 0 Å². The van der Waals surface area contributed by atoms with Crippen molar-refractivity contribution in [3.05, 3.63) is 36.4 Å². The summed E-state index contributed by atoms with van der Waals surface area (Å²) < 4.78 is 12.5. The second-order valence-electron chi connectivity index (χ2n) is 5.01. The molecular weight excluding hydrogens is 268 g/mol. The van der Waals surface area contributed by atoms with Crippen LogP contribution in [0.2, 0.25) is 0 Å². The van der Waals surface area contributed by atoms with Crippen molar-refractivity contribution in [3.63, 3.8) is 0 Å². The molecular formula is C15H22N4O2. The monoisotopic (exact) mass is 290 g/mol. The molecule has 0 spiro atoms. The number of hydrogen-bond donors (Lipinski definition) is 1. The Kier molecular flexibility index (Phi) is 5.16. The Bertz CT molecular complexity index is 557. The van der Waals surface area contributed by atoms with Crippen molar-refractivity contribution in [2.45, 2.75) is 32.5 Å². The van der Waals surface area contributed by atoms with Crippen LogP contribution in [-0.4, -0.2) is 35.0 Å². The molecule has 1 aromatic carbocycles. The number of aromatic nitrogens is 3. The first-order valence-corrected chi connectivity index (χ1v) is 6.94. The van der Waals surface area contributed by atoms with E-state index < -0.39 is 0 Å². The van der Waals surface area contributed by atoms with Gasteiger partial charge in [0.25, 0.3) is 0 Å². The molecule has 0 aliphatic heterocycles. The zero-order chi connectivity index (χ0) is 15.2. The van der Waals surface area contributed by atoms with Gasteiger partial charge in [-0.2, -0.15) is 5.10 Å². The van der Waals surface area contributed by atoms with E-state index in [1.807, 2.05) is 22.9 Å². The van der Waals surface area contributed by atoms with Crippen LogP contribution in [0.25, 0.3) is 0 Å². The maximum absolute atomic E-state index is 5.45. The summed E-state index contributed by atoms with van der Waals surface area (Å²) in [4.78, 5) is 3.95. The molecule has 1 heterocycles. The van der Waals surface area contributed by atoms with Crippen LogP contribution in [0.15, 0.2) is 30.9 Å². The zero-order valence-electron chi connectivity index (χ0n) is 12.9. The minimum atomic E-state index is 0.157. The largest absolute Gasteiger partial charge is 0.497 e. The Hall–Kier alpha value is -2.08. The van der Waals surface area contributed by atoms with E-state index in [2.05, 4.69) is 29.2 Å². The zero-order valence-corrected chi connectivity index (χ0v) is 12.9. The molecule has 114 valence electrons. The molecule has 0 saturated heterocycles. The molecule has 1 N–H and O–H groups in total. The first-order chi connectivity index (χ1) is 10.1. The summed E-state index contributed by atoms with van der Waals surface area (Å²) in [5, 5.41) is 7.65. The van der Waals surface area contributed by atoms with Crippen LogP contribution in [0, 0.1) is 0 Å². The quantitative estimate of drug-likeness (QED) is 0.845. The Morgan fingerprint density at radius 1 is 1.24 bits per heavy atom. The lowest BCUT2D eigenvalue weighted by Gasteiger charge is -2.22. The van der Waals surface area contributed by atoms with E-state index in [9.17, 15) is 0 Å².